The molecular formula is C14H18N2O3. The van der Waals surface area contributed by atoms with Crippen LogP contribution in [0.15, 0.2) is 24.5 Å². The minimum Gasteiger partial charge on any atom is -0.480 e. The Morgan fingerprint density at radius 1 is 1.42 bits per heavy atom. The van der Waals surface area contributed by atoms with Crippen LogP contribution in [-0.2, 0) is 16.0 Å². The van der Waals surface area contributed by atoms with Crippen LogP contribution in [0.5, 0.6) is 0 Å². The zero-order valence-corrected chi connectivity index (χ0v) is 11.0. The topological polar surface area (TPSA) is 70.5 Å². The van der Waals surface area contributed by atoms with Gasteiger partial charge >= 0.3 is 5.97 Å². The van der Waals surface area contributed by atoms with Crippen molar-refractivity contribution in [1.29, 1.82) is 0 Å². The minimum atomic E-state index is -0.901. The quantitative estimate of drug-likeness (QED) is 0.888. The Bertz CT molecular complexity index is 461. The molecule has 0 saturated carbocycles. The number of nitrogens with zero attached hydrogens (tertiary/aromatic N) is 2. The highest BCUT2D eigenvalue weighted by molar-refractivity contribution is 5.84. The molecule has 0 aromatic carbocycles. The van der Waals surface area contributed by atoms with Crippen LogP contribution in [0.25, 0.3) is 0 Å². The predicted octanol–water partition coefficient (Wildman–Crippen LogP) is 1.34. The summed E-state index contributed by atoms with van der Waals surface area (Å²) >= 11 is 0. The van der Waals surface area contributed by atoms with Crippen LogP contribution in [0.3, 0.4) is 0 Å². The first-order valence-electron chi connectivity index (χ1n) is 6.51. The number of aliphatic carboxylic acids is 1. The molecule has 102 valence electrons. The largest absolute Gasteiger partial charge is 0.480 e. The fourth-order valence-electron chi connectivity index (χ4n) is 2.55. The Kier molecular flexibility index (Phi) is 4.14. The van der Waals surface area contributed by atoms with Crippen molar-refractivity contribution in [3.8, 4) is 0 Å². The minimum absolute atomic E-state index is 0.0300. The molecule has 1 saturated heterocycles. The molecule has 19 heavy (non-hydrogen) atoms. The van der Waals surface area contributed by atoms with Gasteiger partial charge in [-0.3, -0.25) is 9.78 Å². The molecule has 2 unspecified atom stereocenters. The molecule has 2 atom stereocenters. The first kappa shape index (κ1) is 13.5. The fourth-order valence-corrected chi connectivity index (χ4v) is 2.55. The van der Waals surface area contributed by atoms with E-state index in [4.69, 9.17) is 0 Å². The highest BCUT2D eigenvalue weighted by atomic mass is 16.4. The SMILES string of the molecule is CC1CCN(C(=O)CCc2ccncc2)C1C(=O)O. The molecule has 1 amide bonds. The maximum absolute atomic E-state index is 12.1. The van der Waals surface area contributed by atoms with Gasteiger partial charge in [0, 0.05) is 25.4 Å². The van der Waals surface area contributed by atoms with Gasteiger partial charge in [-0.2, -0.15) is 0 Å². The molecule has 1 aromatic rings. The standard InChI is InChI=1S/C14H18N2O3/c1-10-6-9-16(13(10)14(18)19)12(17)3-2-11-4-7-15-8-5-11/h4-5,7-8,10,13H,2-3,6,9H2,1H3,(H,18,19). The molecule has 5 nitrogen and oxygen atoms in total. The third-order valence-corrected chi connectivity index (χ3v) is 3.65. The van der Waals surface area contributed by atoms with E-state index in [1.54, 1.807) is 12.4 Å². The number of carboxylic acid groups (broad SMARTS) is 1. The molecule has 2 heterocycles. The van der Waals surface area contributed by atoms with Crippen LogP contribution in [0, 0.1) is 5.92 Å². The monoisotopic (exact) mass is 262 g/mol. The van der Waals surface area contributed by atoms with E-state index < -0.39 is 12.0 Å². The Morgan fingerprint density at radius 2 is 2.11 bits per heavy atom. The zero-order chi connectivity index (χ0) is 13.8. The zero-order valence-electron chi connectivity index (χ0n) is 11.0. The maximum atomic E-state index is 12.1. The van der Waals surface area contributed by atoms with Gasteiger partial charge < -0.3 is 10.0 Å². The lowest BCUT2D eigenvalue weighted by molar-refractivity contribution is -0.149. The molecule has 1 N–H and O–H groups in total. The number of rotatable bonds is 4. The van der Waals surface area contributed by atoms with E-state index in [1.165, 1.54) is 4.90 Å². The van der Waals surface area contributed by atoms with Gasteiger partial charge in [0.25, 0.3) is 0 Å². The molecule has 0 radical (unpaired) electrons. The molecule has 1 aliphatic rings. The number of hydrogen-bond acceptors (Lipinski definition) is 3. The van der Waals surface area contributed by atoms with Gasteiger partial charge in [0.05, 0.1) is 0 Å². The van der Waals surface area contributed by atoms with Crippen LogP contribution >= 0.6 is 0 Å². The molecule has 2 rings (SSSR count). The molecule has 0 spiro atoms. The Balaban J connectivity index is 1.95. The predicted molar refractivity (Wildman–Crippen MR) is 69.5 cm³/mol. The second-order valence-electron chi connectivity index (χ2n) is 4.99. The van der Waals surface area contributed by atoms with Crippen molar-refractivity contribution >= 4 is 11.9 Å². The van der Waals surface area contributed by atoms with Gasteiger partial charge in [0.1, 0.15) is 6.04 Å². The molecule has 1 aromatic heterocycles. The first-order chi connectivity index (χ1) is 9.09. The van der Waals surface area contributed by atoms with Gasteiger partial charge in [-0.05, 0) is 36.5 Å². The van der Waals surface area contributed by atoms with E-state index in [0.717, 1.165) is 12.0 Å². The van der Waals surface area contributed by atoms with E-state index in [0.29, 0.717) is 19.4 Å². The van der Waals surface area contributed by atoms with Crippen LogP contribution in [-0.4, -0.2) is 39.5 Å². The van der Waals surface area contributed by atoms with Gasteiger partial charge in [0.2, 0.25) is 5.91 Å². The van der Waals surface area contributed by atoms with Gasteiger partial charge in [0.15, 0.2) is 0 Å². The normalized spacial score (nSPS) is 22.5. The van der Waals surface area contributed by atoms with Gasteiger partial charge in [-0.15, -0.1) is 0 Å². The number of aryl methyl sites for hydroxylation is 1. The number of amides is 1. The summed E-state index contributed by atoms with van der Waals surface area (Å²) in [6.45, 7) is 2.43. The smallest absolute Gasteiger partial charge is 0.326 e. The third-order valence-electron chi connectivity index (χ3n) is 3.65. The summed E-state index contributed by atoms with van der Waals surface area (Å²) in [6, 6.07) is 3.08. The number of carbonyl (C=O) groups excluding carboxylic acids is 1. The van der Waals surface area contributed by atoms with Crippen molar-refractivity contribution in [1.82, 2.24) is 9.88 Å². The Hall–Kier alpha value is -1.91. The van der Waals surface area contributed by atoms with E-state index in [9.17, 15) is 14.7 Å². The van der Waals surface area contributed by atoms with Gasteiger partial charge in [-0.1, -0.05) is 6.92 Å². The summed E-state index contributed by atoms with van der Waals surface area (Å²) < 4.78 is 0. The number of likely N-dealkylation sites (tertiary alicyclic amines) is 1. The highest BCUT2D eigenvalue weighted by Gasteiger charge is 2.38. The lowest BCUT2D eigenvalue weighted by Gasteiger charge is -2.23. The van der Waals surface area contributed by atoms with Gasteiger partial charge in [-0.25, -0.2) is 4.79 Å². The summed E-state index contributed by atoms with van der Waals surface area (Å²) in [7, 11) is 0. The lowest BCUT2D eigenvalue weighted by Crippen LogP contribution is -2.42. The summed E-state index contributed by atoms with van der Waals surface area (Å²) in [6.07, 6.45) is 5.12. The van der Waals surface area contributed by atoms with Crippen LogP contribution in [0.1, 0.15) is 25.3 Å². The number of pyridine rings is 1. The first-order valence-corrected chi connectivity index (χ1v) is 6.51. The van der Waals surface area contributed by atoms with Crippen molar-refractivity contribution in [2.24, 2.45) is 5.92 Å². The molecule has 0 bridgehead atoms. The number of aromatic nitrogens is 1. The Morgan fingerprint density at radius 3 is 2.74 bits per heavy atom. The van der Waals surface area contributed by atoms with E-state index in [2.05, 4.69) is 4.98 Å². The molecule has 5 heteroatoms. The van der Waals surface area contributed by atoms with E-state index in [-0.39, 0.29) is 11.8 Å². The van der Waals surface area contributed by atoms with Crippen LogP contribution in [0.4, 0.5) is 0 Å². The van der Waals surface area contributed by atoms with Crippen LogP contribution in [0.2, 0.25) is 0 Å². The van der Waals surface area contributed by atoms with Crippen molar-refractivity contribution in [3.05, 3.63) is 30.1 Å². The molecular weight excluding hydrogens is 244 g/mol. The number of carboxylic acids is 1. The fraction of sp³-hybridized carbons (Fsp3) is 0.500. The molecule has 0 aliphatic carbocycles. The second kappa shape index (κ2) is 5.82. The molecule has 1 aliphatic heterocycles. The summed E-state index contributed by atoms with van der Waals surface area (Å²) in [5, 5.41) is 9.19. The summed E-state index contributed by atoms with van der Waals surface area (Å²) in [5.41, 5.74) is 1.04. The van der Waals surface area contributed by atoms with E-state index >= 15 is 0 Å². The van der Waals surface area contributed by atoms with E-state index in [1.807, 2.05) is 19.1 Å². The number of hydrogen-bond donors (Lipinski definition) is 1. The van der Waals surface area contributed by atoms with Crippen molar-refractivity contribution in [3.63, 3.8) is 0 Å². The average molecular weight is 262 g/mol. The molecule has 1 fully saturated rings. The third kappa shape index (κ3) is 3.10. The van der Waals surface area contributed by atoms with Crippen LogP contribution < -0.4 is 0 Å². The maximum Gasteiger partial charge on any atom is 0.326 e. The average Bonchev–Trinajstić information content (AvgIpc) is 2.79. The summed E-state index contributed by atoms with van der Waals surface area (Å²) in [5.74, 6) is -0.946. The highest BCUT2D eigenvalue weighted by Crippen LogP contribution is 2.25. The number of carbonyl (C=O) groups is 2. The second-order valence-corrected chi connectivity index (χ2v) is 4.99. The Labute approximate surface area is 112 Å². The van der Waals surface area contributed by atoms with Crippen molar-refractivity contribution in [2.75, 3.05) is 6.54 Å². The lowest BCUT2D eigenvalue weighted by atomic mass is 10.0. The summed E-state index contributed by atoms with van der Waals surface area (Å²) in [4.78, 5) is 28.8. The van der Waals surface area contributed by atoms with Crippen molar-refractivity contribution < 1.29 is 14.7 Å². The van der Waals surface area contributed by atoms with Crippen molar-refractivity contribution in [2.45, 2.75) is 32.2 Å².